The zero-order valence-corrected chi connectivity index (χ0v) is 15.0. The summed E-state index contributed by atoms with van der Waals surface area (Å²) in [5.74, 6) is 1.24. The van der Waals surface area contributed by atoms with Gasteiger partial charge in [-0.05, 0) is 37.8 Å². The van der Waals surface area contributed by atoms with Gasteiger partial charge in [0.25, 0.3) is 5.91 Å². The van der Waals surface area contributed by atoms with E-state index in [4.69, 9.17) is 9.47 Å². The molecule has 2 saturated heterocycles. The van der Waals surface area contributed by atoms with Crippen LogP contribution in [0.3, 0.4) is 0 Å². The molecule has 2 fully saturated rings. The number of rotatable bonds is 4. The average molecular weight is 346 g/mol. The molecule has 0 aliphatic carbocycles. The van der Waals surface area contributed by atoms with Gasteiger partial charge in [0.2, 0.25) is 5.91 Å². The minimum Gasteiger partial charge on any atom is -0.496 e. The molecule has 0 radical (unpaired) electrons. The number of likely N-dealkylation sites (tertiary alicyclic amines) is 2. The smallest absolute Gasteiger partial charge is 0.261 e. The Hall–Kier alpha value is -2.24. The van der Waals surface area contributed by atoms with Crippen molar-refractivity contribution in [2.75, 3.05) is 40.4 Å². The Morgan fingerprint density at radius 2 is 1.48 bits per heavy atom. The second-order valence-electron chi connectivity index (χ2n) is 6.64. The number of amides is 2. The molecular weight excluding hydrogens is 320 g/mol. The standard InChI is InChI=1S/C19H26N2O4/c1-24-15-6-5-7-16(25-2)17(15)19(23)21-12-8-14(9-13-21)18(22)20-10-3-4-11-20/h5-7,14H,3-4,8-13H2,1-2H3. The molecule has 0 unspecified atom stereocenters. The molecule has 0 bridgehead atoms. The van der Waals surface area contributed by atoms with E-state index in [0.717, 1.165) is 38.8 Å². The highest BCUT2D eigenvalue weighted by Gasteiger charge is 2.33. The van der Waals surface area contributed by atoms with Crippen LogP contribution in [0.4, 0.5) is 0 Å². The third kappa shape index (κ3) is 3.57. The molecule has 0 aromatic heterocycles. The lowest BCUT2D eigenvalue weighted by atomic mass is 9.94. The van der Waals surface area contributed by atoms with E-state index in [-0.39, 0.29) is 17.7 Å². The van der Waals surface area contributed by atoms with Crippen molar-refractivity contribution in [3.8, 4) is 11.5 Å². The zero-order valence-electron chi connectivity index (χ0n) is 15.0. The van der Waals surface area contributed by atoms with Crippen LogP contribution in [0.2, 0.25) is 0 Å². The average Bonchev–Trinajstić information content (AvgIpc) is 3.21. The van der Waals surface area contributed by atoms with Crippen molar-refractivity contribution in [2.24, 2.45) is 5.92 Å². The molecule has 136 valence electrons. The van der Waals surface area contributed by atoms with Gasteiger partial charge in [-0.3, -0.25) is 9.59 Å². The van der Waals surface area contributed by atoms with Crippen molar-refractivity contribution >= 4 is 11.8 Å². The molecule has 2 heterocycles. The Morgan fingerprint density at radius 3 is 2.00 bits per heavy atom. The van der Waals surface area contributed by atoms with Gasteiger partial charge >= 0.3 is 0 Å². The molecule has 3 rings (SSSR count). The summed E-state index contributed by atoms with van der Waals surface area (Å²) in [5, 5.41) is 0. The summed E-state index contributed by atoms with van der Waals surface area (Å²) in [6, 6.07) is 5.33. The van der Waals surface area contributed by atoms with Crippen LogP contribution in [0.15, 0.2) is 18.2 Å². The van der Waals surface area contributed by atoms with E-state index < -0.39 is 0 Å². The summed E-state index contributed by atoms with van der Waals surface area (Å²) in [5.41, 5.74) is 0.455. The van der Waals surface area contributed by atoms with Crippen LogP contribution in [0, 0.1) is 5.92 Å². The summed E-state index contributed by atoms with van der Waals surface area (Å²) in [4.78, 5) is 29.3. The molecule has 6 nitrogen and oxygen atoms in total. The normalized spacial score (nSPS) is 18.3. The molecule has 1 aromatic rings. The Bertz CT molecular complexity index is 610. The van der Waals surface area contributed by atoms with E-state index in [1.54, 1.807) is 37.3 Å². The lowest BCUT2D eigenvalue weighted by Gasteiger charge is -2.33. The van der Waals surface area contributed by atoms with Gasteiger partial charge in [0, 0.05) is 32.1 Å². The fourth-order valence-electron chi connectivity index (χ4n) is 3.75. The van der Waals surface area contributed by atoms with Gasteiger partial charge in [-0.2, -0.15) is 0 Å². The lowest BCUT2D eigenvalue weighted by molar-refractivity contribution is -0.135. The van der Waals surface area contributed by atoms with Crippen molar-refractivity contribution < 1.29 is 19.1 Å². The maximum absolute atomic E-state index is 13.0. The first-order chi connectivity index (χ1) is 12.2. The van der Waals surface area contributed by atoms with Gasteiger partial charge in [0.1, 0.15) is 17.1 Å². The van der Waals surface area contributed by atoms with Gasteiger partial charge in [0.05, 0.1) is 14.2 Å². The van der Waals surface area contributed by atoms with Crippen LogP contribution in [0.5, 0.6) is 11.5 Å². The minimum atomic E-state index is -0.0960. The summed E-state index contributed by atoms with van der Waals surface area (Å²) in [6.07, 6.45) is 3.66. The summed E-state index contributed by atoms with van der Waals surface area (Å²) < 4.78 is 10.7. The van der Waals surface area contributed by atoms with Gasteiger partial charge in [0.15, 0.2) is 0 Å². The number of benzene rings is 1. The first-order valence-corrected chi connectivity index (χ1v) is 8.94. The van der Waals surface area contributed by atoms with Crippen molar-refractivity contribution in [1.82, 2.24) is 9.80 Å². The Labute approximate surface area is 148 Å². The second-order valence-corrected chi connectivity index (χ2v) is 6.64. The topological polar surface area (TPSA) is 59.1 Å². The van der Waals surface area contributed by atoms with Gasteiger partial charge in [-0.1, -0.05) is 6.07 Å². The van der Waals surface area contributed by atoms with Gasteiger partial charge in [-0.15, -0.1) is 0 Å². The minimum absolute atomic E-state index is 0.0433. The van der Waals surface area contributed by atoms with E-state index in [1.165, 1.54) is 0 Å². The monoisotopic (exact) mass is 346 g/mol. The molecule has 6 heteroatoms. The van der Waals surface area contributed by atoms with E-state index >= 15 is 0 Å². The summed E-state index contributed by atoms with van der Waals surface area (Å²) in [7, 11) is 3.10. The Balaban J connectivity index is 1.67. The van der Waals surface area contributed by atoms with Crippen molar-refractivity contribution in [2.45, 2.75) is 25.7 Å². The highest BCUT2D eigenvalue weighted by atomic mass is 16.5. The molecule has 2 aliphatic rings. The Morgan fingerprint density at radius 1 is 0.920 bits per heavy atom. The maximum atomic E-state index is 13.0. The highest BCUT2D eigenvalue weighted by Crippen LogP contribution is 2.31. The SMILES string of the molecule is COc1cccc(OC)c1C(=O)N1CCC(C(=O)N2CCCC2)CC1. The van der Waals surface area contributed by atoms with E-state index in [2.05, 4.69) is 0 Å². The Kier molecular flexibility index (Phi) is 5.46. The van der Waals surface area contributed by atoms with E-state index in [9.17, 15) is 9.59 Å². The zero-order chi connectivity index (χ0) is 17.8. The van der Waals surface area contributed by atoms with Crippen molar-refractivity contribution in [1.29, 1.82) is 0 Å². The first-order valence-electron chi connectivity index (χ1n) is 8.94. The summed E-state index contributed by atoms with van der Waals surface area (Å²) >= 11 is 0. The number of hydrogen-bond donors (Lipinski definition) is 0. The lowest BCUT2D eigenvalue weighted by Crippen LogP contribution is -2.43. The van der Waals surface area contributed by atoms with Crippen LogP contribution in [-0.2, 0) is 4.79 Å². The molecule has 2 aliphatic heterocycles. The molecule has 2 amide bonds. The predicted octanol–water partition coefficient (Wildman–Crippen LogP) is 2.18. The van der Waals surface area contributed by atoms with Crippen LogP contribution >= 0.6 is 0 Å². The second kappa shape index (κ2) is 7.76. The first kappa shape index (κ1) is 17.6. The number of hydrogen-bond acceptors (Lipinski definition) is 4. The third-order valence-electron chi connectivity index (χ3n) is 5.19. The van der Waals surface area contributed by atoms with Crippen LogP contribution in [0.25, 0.3) is 0 Å². The van der Waals surface area contributed by atoms with Crippen molar-refractivity contribution in [3.63, 3.8) is 0 Å². The number of carbonyl (C=O) groups excluding carboxylic acids is 2. The molecular formula is C19H26N2O4. The molecule has 0 N–H and O–H groups in total. The molecule has 0 atom stereocenters. The fraction of sp³-hybridized carbons (Fsp3) is 0.579. The predicted molar refractivity (Wildman–Crippen MR) is 94.0 cm³/mol. The third-order valence-corrected chi connectivity index (χ3v) is 5.19. The van der Waals surface area contributed by atoms with Crippen LogP contribution in [-0.4, -0.2) is 62.0 Å². The summed E-state index contributed by atoms with van der Waals surface area (Å²) in [6.45, 7) is 2.95. The van der Waals surface area contributed by atoms with Crippen LogP contribution in [0.1, 0.15) is 36.0 Å². The molecule has 25 heavy (non-hydrogen) atoms. The van der Waals surface area contributed by atoms with Crippen molar-refractivity contribution in [3.05, 3.63) is 23.8 Å². The van der Waals surface area contributed by atoms with Gasteiger partial charge < -0.3 is 19.3 Å². The molecule has 1 aromatic carbocycles. The molecule has 0 spiro atoms. The van der Waals surface area contributed by atoms with E-state index in [0.29, 0.717) is 30.2 Å². The largest absolute Gasteiger partial charge is 0.496 e. The molecule has 0 saturated carbocycles. The fourth-order valence-corrected chi connectivity index (χ4v) is 3.75. The number of methoxy groups -OCH3 is 2. The number of nitrogens with zero attached hydrogens (tertiary/aromatic N) is 2. The maximum Gasteiger partial charge on any atom is 0.261 e. The van der Waals surface area contributed by atoms with Crippen LogP contribution < -0.4 is 9.47 Å². The number of ether oxygens (including phenoxy) is 2. The van der Waals surface area contributed by atoms with E-state index in [1.807, 2.05) is 4.90 Å². The number of piperidine rings is 1. The number of carbonyl (C=O) groups is 2. The highest BCUT2D eigenvalue weighted by molar-refractivity contribution is 6.00. The van der Waals surface area contributed by atoms with Gasteiger partial charge in [-0.25, -0.2) is 0 Å². The quantitative estimate of drug-likeness (QED) is 0.838.